The van der Waals surface area contributed by atoms with E-state index in [4.69, 9.17) is 14.7 Å². The van der Waals surface area contributed by atoms with Crippen LogP contribution in [0.2, 0.25) is 0 Å². The van der Waals surface area contributed by atoms with E-state index in [-0.39, 0.29) is 12.2 Å². The number of rotatable bonds is 3. The van der Waals surface area contributed by atoms with Crippen LogP contribution in [-0.2, 0) is 9.47 Å². The standard InChI is InChI=1S/C11H18N2O3/c12-4-1-10(14)9-13-5-2-11(3-6-13)15-7-8-16-11/h10,14H,1-3,5-9H2. The molecule has 5 heteroatoms. The van der Waals surface area contributed by atoms with Crippen molar-refractivity contribution in [3.8, 4) is 6.07 Å². The van der Waals surface area contributed by atoms with Crippen LogP contribution in [0.5, 0.6) is 0 Å². The van der Waals surface area contributed by atoms with Crippen molar-refractivity contribution in [2.45, 2.75) is 31.2 Å². The minimum atomic E-state index is -0.538. The molecule has 1 unspecified atom stereocenters. The van der Waals surface area contributed by atoms with Crippen LogP contribution in [-0.4, -0.2) is 54.7 Å². The van der Waals surface area contributed by atoms with Gasteiger partial charge >= 0.3 is 0 Å². The molecule has 16 heavy (non-hydrogen) atoms. The van der Waals surface area contributed by atoms with Gasteiger partial charge in [-0.15, -0.1) is 0 Å². The predicted molar refractivity (Wildman–Crippen MR) is 56.5 cm³/mol. The molecule has 0 radical (unpaired) electrons. The molecule has 1 N–H and O–H groups in total. The lowest BCUT2D eigenvalue weighted by molar-refractivity contribution is -0.186. The minimum Gasteiger partial charge on any atom is -0.391 e. The van der Waals surface area contributed by atoms with Gasteiger partial charge in [-0.05, 0) is 0 Å². The van der Waals surface area contributed by atoms with Gasteiger partial charge in [0.15, 0.2) is 5.79 Å². The number of piperidine rings is 1. The van der Waals surface area contributed by atoms with E-state index in [1.165, 1.54) is 0 Å². The Bertz CT molecular complexity index is 261. The van der Waals surface area contributed by atoms with Gasteiger partial charge in [-0.2, -0.15) is 5.26 Å². The first-order valence-corrected chi connectivity index (χ1v) is 5.79. The summed E-state index contributed by atoms with van der Waals surface area (Å²) >= 11 is 0. The maximum absolute atomic E-state index is 9.53. The van der Waals surface area contributed by atoms with Gasteiger partial charge in [-0.25, -0.2) is 0 Å². The number of hydrogen-bond donors (Lipinski definition) is 1. The summed E-state index contributed by atoms with van der Waals surface area (Å²) < 4.78 is 11.2. The van der Waals surface area contributed by atoms with Gasteiger partial charge < -0.3 is 19.5 Å². The number of ether oxygens (including phenoxy) is 2. The van der Waals surface area contributed by atoms with E-state index in [1.54, 1.807) is 0 Å². The predicted octanol–water partition coefficient (Wildman–Crippen LogP) is 0.0999. The smallest absolute Gasteiger partial charge is 0.170 e. The van der Waals surface area contributed by atoms with Crippen molar-refractivity contribution >= 4 is 0 Å². The molecular formula is C11H18N2O3. The van der Waals surface area contributed by atoms with Gasteiger partial charge in [-0.3, -0.25) is 0 Å². The van der Waals surface area contributed by atoms with Crippen molar-refractivity contribution in [1.82, 2.24) is 4.90 Å². The van der Waals surface area contributed by atoms with Gasteiger partial charge in [0.25, 0.3) is 0 Å². The highest BCUT2D eigenvalue weighted by molar-refractivity contribution is 4.85. The number of likely N-dealkylation sites (tertiary alicyclic amines) is 1. The molecule has 2 fully saturated rings. The molecule has 2 aliphatic rings. The average molecular weight is 226 g/mol. The Kier molecular flexibility index (Phi) is 3.77. The van der Waals surface area contributed by atoms with E-state index < -0.39 is 6.10 Å². The number of nitrogens with zero attached hydrogens (tertiary/aromatic N) is 2. The molecule has 2 aliphatic heterocycles. The number of β-amino-alcohol motifs (C(OH)–C–C–N with tert-alkyl or cyclic N) is 1. The number of aliphatic hydroxyl groups excluding tert-OH is 1. The molecule has 0 aromatic rings. The maximum Gasteiger partial charge on any atom is 0.170 e. The zero-order chi connectivity index (χ0) is 11.4. The summed E-state index contributed by atoms with van der Waals surface area (Å²) in [5.74, 6) is -0.351. The monoisotopic (exact) mass is 226 g/mol. The molecule has 2 heterocycles. The SMILES string of the molecule is N#CCC(O)CN1CCC2(CC1)OCCO2. The fourth-order valence-corrected chi connectivity index (χ4v) is 2.33. The summed E-state index contributed by atoms with van der Waals surface area (Å²) in [5, 5.41) is 18.0. The van der Waals surface area contributed by atoms with Crippen LogP contribution in [0.1, 0.15) is 19.3 Å². The second-order valence-electron chi connectivity index (χ2n) is 4.42. The van der Waals surface area contributed by atoms with Gasteiger partial charge in [-0.1, -0.05) is 0 Å². The van der Waals surface area contributed by atoms with Crippen molar-refractivity contribution in [2.75, 3.05) is 32.8 Å². The van der Waals surface area contributed by atoms with E-state index in [0.29, 0.717) is 19.8 Å². The minimum absolute atomic E-state index is 0.203. The van der Waals surface area contributed by atoms with E-state index in [1.807, 2.05) is 6.07 Å². The second-order valence-corrected chi connectivity index (χ2v) is 4.42. The fourth-order valence-electron chi connectivity index (χ4n) is 2.33. The molecule has 0 bridgehead atoms. The Morgan fingerprint density at radius 2 is 1.94 bits per heavy atom. The summed E-state index contributed by atoms with van der Waals surface area (Å²) in [7, 11) is 0. The number of nitriles is 1. The van der Waals surface area contributed by atoms with Gasteiger partial charge in [0.05, 0.1) is 31.8 Å². The molecule has 5 nitrogen and oxygen atoms in total. The van der Waals surface area contributed by atoms with Crippen molar-refractivity contribution in [3.05, 3.63) is 0 Å². The summed E-state index contributed by atoms with van der Waals surface area (Å²) in [6.45, 7) is 3.68. The Morgan fingerprint density at radius 3 is 2.50 bits per heavy atom. The summed E-state index contributed by atoms with van der Waals surface area (Å²) in [5.41, 5.74) is 0. The molecule has 0 amide bonds. The van der Waals surface area contributed by atoms with Crippen LogP contribution in [0.4, 0.5) is 0 Å². The van der Waals surface area contributed by atoms with Crippen molar-refractivity contribution in [1.29, 1.82) is 5.26 Å². The van der Waals surface area contributed by atoms with Crippen LogP contribution in [0.25, 0.3) is 0 Å². The van der Waals surface area contributed by atoms with Crippen LogP contribution < -0.4 is 0 Å². The number of aliphatic hydroxyl groups is 1. The van der Waals surface area contributed by atoms with Gasteiger partial charge in [0.1, 0.15) is 0 Å². The Morgan fingerprint density at radius 1 is 1.31 bits per heavy atom. The third-order valence-electron chi connectivity index (χ3n) is 3.23. The quantitative estimate of drug-likeness (QED) is 0.739. The first-order valence-electron chi connectivity index (χ1n) is 5.79. The lowest BCUT2D eigenvalue weighted by Crippen LogP contribution is -2.47. The van der Waals surface area contributed by atoms with Crippen LogP contribution in [0.3, 0.4) is 0 Å². The third kappa shape index (κ3) is 2.71. The zero-order valence-electron chi connectivity index (χ0n) is 9.39. The van der Waals surface area contributed by atoms with E-state index in [9.17, 15) is 5.11 Å². The normalized spacial score (nSPS) is 26.8. The third-order valence-corrected chi connectivity index (χ3v) is 3.23. The Balaban J connectivity index is 1.75. The molecule has 90 valence electrons. The molecule has 0 aromatic heterocycles. The fraction of sp³-hybridized carbons (Fsp3) is 0.909. The summed E-state index contributed by atoms with van der Waals surface area (Å²) in [4.78, 5) is 2.16. The van der Waals surface area contributed by atoms with E-state index in [2.05, 4.69) is 4.90 Å². The molecule has 0 saturated carbocycles. The summed E-state index contributed by atoms with van der Waals surface area (Å²) in [6, 6.07) is 1.98. The Labute approximate surface area is 95.6 Å². The molecular weight excluding hydrogens is 208 g/mol. The second kappa shape index (κ2) is 5.11. The van der Waals surface area contributed by atoms with Crippen LogP contribution in [0, 0.1) is 11.3 Å². The zero-order valence-corrected chi connectivity index (χ0v) is 9.39. The van der Waals surface area contributed by atoms with E-state index >= 15 is 0 Å². The van der Waals surface area contributed by atoms with E-state index in [0.717, 1.165) is 25.9 Å². The first kappa shape index (κ1) is 11.8. The average Bonchev–Trinajstić information content (AvgIpc) is 2.71. The van der Waals surface area contributed by atoms with Crippen LogP contribution in [0.15, 0.2) is 0 Å². The molecule has 0 aliphatic carbocycles. The topological polar surface area (TPSA) is 65.7 Å². The highest BCUT2D eigenvalue weighted by atomic mass is 16.7. The first-order chi connectivity index (χ1) is 7.74. The lowest BCUT2D eigenvalue weighted by atomic mass is 10.0. The van der Waals surface area contributed by atoms with Crippen molar-refractivity contribution in [2.24, 2.45) is 0 Å². The van der Waals surface area contributed by atoms with Crippen molar-refractivity contribution < 1.29 is 14.6 Å². The molecule has 2 rings (SSSR count). The molecule has 1 atom stereocenters. The van der Waals surface area contributed by atoms with Gasteiger partial charge in [0, 0.05) is 32.5 Å². The van der Waals surface area contributed by atoms with Crippen molar-refractivity contribution in [3.63, 3.8) is 0 Å². The highest BCUT2D eigenvalue weighted by Gasteiger charge is 2.39. The highest BCUT2D eigenvalue weighted by Crippen LogP contribution is 2.31. The summed E-state index contributed by atoms with van der Waals surface area (Å²) in [6.07, 6.45) is 1.37. The van der Waals surface area contributed by atoms with Gasteiger partial charge in [0.2, 0.25) is 0 Å². The van der Waals surface area contributed by atoms with Crippen LogP contribution >= 0.6 is 0 Å². The maximum atomic E-state index is 9.53. The largest absolute Gasteiger partial charge is 0.391 e. The lowest BCUT2D eigenvalue weighted by Gasteiger charge is -2.38. The number of hydrogen-bond acceptors (Lipinski definition) is 5. The molecule has 0 aromatic carbocycles. The Hall–Kier alpha value is -0.670. The molecule has 2 saturated heterocycles. The molecule has 1 spiro atoms.